The molecule has 0 radical (unpaired) electrons. The van der Waals surface area contributed by atoms with Crippen LogP contribution >= 0.6 is 0 Å². The molecule has 4 nitrogen and oxygen atoms in total. The molecule has 310 valence electrons. The van der Waals surface area contributed by atoms with E-state index >= 15 is 0 Å². The molecule has 2 aliphatic carbocycles. The van der Waals surface area contributed by atoms with Crippen molar-refractivity contribution in [3.05, 3.63) is 227 Å². The summed E-state index contributed by atoms with van der Waals surface area (Å²) in [4.78, 5) is 16.2. The summed E-state index contributed by atoms with van der Waals surface area (Å²) in [5, 5.41) is 4.58. The van der Waals surface area contributed by atoms with Crippen molar-refractivity contribution in [2.24, 2.45) is 0 Å². The van der Waals surface area contributed by atoms with Crippen LogP contribution in [0.5, 0.6) is 0 Å². The highest BCUT2D eigenvalue weighted by Gasteiger charge is 2.38. The summed E-state index contributed by atoms with van der Waals surface area (Å²) in [5.74, 6) is 0. The molecule has 9 aromatic carbocycles. The van der Waals surface area contributed by atoms with Gasteiger partial charge in [-0.2, -0.15) is 0 Å². The van der Waals surface area contributed by atoms with E-state index in [-0.39, 0.29) is 16.5 Å². The van der Waals surface area contributed by atoms with Crippen LogP contribution in [0.4, 0.5) is 17.1 Å². The van der Waals surface area contributed by atoms with Gasteiger partial charge >= 0.3 is 5.63 Å². The van der Waals surface area contributed by atoms with Crippen LogP contribution in [0, 0.1) is 0 Å². The summed E-state index contributed by atoms with van der Waals surface area (Å²) in [6.07, 6.45) is 0. The smallest absolute Gasteiger partial charge is 0.344 e. The van der Waals surface area contributed by atoms with Crippen molar-refractivity contribution in [1.82, 2.24) is 4.57 Å². The van der Waals surface area contributed by atoms with Gasteiger partial charge in [0.2, 0.25) is 0 Å². The van der Waals surface area contributed by atoms with Crippen LogP contribution in [0.15, 0.2) is 203 Å². The third kappa shape index (κ3) is 5.28. The zero-order chi connectivity index (χ0) is 43.8. The van der Waals surface area contributed by atoms with Gasteiger partial charge in [0, 0.05) is 54.9 Å². The topological polar surface area (TPSA) is 38.4 Å². The van der Waals surface area contributed by atoms with Gasteiger partial charge in [-0.15, -0.1) is 0 Å². The molecule has 13 rings (SSSR count). The Kier molecular flexibility index (Phi) is 7.82. The minimum atomic E-state index is -0.340. The largest absolute Gasteiger partial charge is 0.422 e. The molecule has 2 aromatic heterocycles. The lowest BCUT2D eigenvalue weighted by atomic mass is 9.82. The molecule has 0 saturated carbocycles. The molecule has 0 unspecified atom stereocenters. The fourth-order valence-electron chi connectivity index (χ4n) is 11.5. The van der Waals surface area contributed by atoms with Crippen LogP contribution in [-0.2, 0) is 10.8 Å². The average Bonchev–Trinajstić information content (AvgIpc) is 3.87. The summed E-state index contributed by atoms with van der Waals surface area (Å²) in [5.41, 5.74) is 18.9. The van der Waals surface area contributed by atoms with Gasteiger partial charge in [0.05, 0.1) is 27.8 Å². The van der Waals surface area contributed by atoms with Gasteiger partial charge < -0.3 is 13.9 Å². The first kappa shape index (κ1) is 37.6. The van der Waals surface area contributed by atoms with Crippen molar-refractivity contribution in [3.63, 3.8) is 0 Å². The molecule has 0 atom stereocenters. The maximum Gasteiger partial charge on any atom is 0.344 e. The number of fused-ring (bicyclic) bond motifs is 12. The standard InChI is InChI=1S/C61H44N2O2/c1-60(2)50-23-11-5-17-39(50)41-31-29-37(33-52(41)60)62(38-30-32-42-40-18-6-12-24-51(40)61(3,4)53(42)34-38)54-25-13-7-19-43(54)44-20-8-14-26-55(44)63-56-27-15-9-21-45(56)48-35-47-46-22-10-16-28-58(46)65-59(64)49(47)36-57(48)63/h5-36H,1-4H3. The van der Waals surface area contributed by atoms with Crippen LogP contribution < -0.4 is 10.5 Å². The molecule has 0 aliphatic heterocycles. The molecule has 0 fully saturated rings. The number of anilines is 3. The van der Waals surface area contributed by atoms with Crippen molar-refractivity contribution in [1.29, 1.82) is 0 Å². The van der Waals surface area contributed by atoms with Crippen molar-refractivity contribution in [3.8, 4) is 39.1 Å². The van der Waals surface area contributed by atoms with E-state index in [9.17, 15) is 4.79 Å². The maximum absolute atomic E-state index is 13.7. The second-order valence-electron chi connectivity index (χ2n) is 18.8. The Hall–Kier alpha value is -7.95. The van der Waals surface area contributed by atoms with Crippen LogP contribution in [0.2, 0.25) is 0 Å². The third-order valence-electron chi connectivity index (χ3n) is 14.6. The number of benzene rings is 9. The van der Waals surface area contributed by atoms with Gasteiger partial charge in [-0.3, -0.25) is 0 Å². The van der Waals surface area contributed by atoms with E-state index in [0.29, 0.717) is 11.0 Å². The zero-order valence-electron chi connectivity index (χ0n) is 36.7. The van der Waals surface area contributed by atoms with E-state index in [1.165, 1.54) is 44.5 Å². The molecular weight excluding hydrogens is 793 g/mol. The maximum atomic E-state index is 13.7. The predicted molar refractivity (Wildman–Crippen MR) is 270 cm³/mol. The summed E-state index contributed by atoms with van der Waals surface area (Å²) in [6, 6.07) is 70.0. The molecular formula is C61H44N2O2. The third-order valence-corrected chi connectivity index (χ3v) is 14.6. The molecule has 0 bridgehead atoms. The number of hydrogen-bond acceptors (Lipinski definition) is 3. The summed E-state index contributed by atoms with van der Waals surface area (Å²) < 4.78 is 8.24. The Morgan fingerprint density at radius 1 is 0.400 bits per heavy atom. The van der Waals surface area contributed by atoms with E-state index in [4.69, 9.17) is 4.42 Å². The summed E-state index contributed by atoms with van der Waals surface area (Å²) in [6.45, 7) is 9.41. The molecule has 0 spiro atoms. The van der Waals surface area contributed by atoms with Gasteiger partial charge in [-0.25, -0.2) is 4.79 Å². The first-order chi connectivity index (χ1) is 31.7. The average molecular weight is 837 g/mol. The lowest BCUT2D eigenvalue weighted by Crippen LogP contribution is -2.18. The second-order valence-corrected chi connectivity index (χ2v) is 18.8. The Bertz CT molecular complexity index is 3780. The van der Waals surface area contributed by atoms with Crippen LogP contribution in [0.3, 0.4) is 0 Å². The normalized spacial score (nSPS) is 14.2. The van der Waals surface area contributed by atoms with Crippen molar-refractivity contribution in [2.75, 3.05) is 4.90 Å². The first-order valence-corrected chi connectivity index (χ1v) is 22.5. The minimum Gasteiger partial charge on any atom is -0.422 e. The zero-order valence-corrected chi connectivity index (χ0v) is 36.7. The number of aromatic nitrogens is 1. The number of rotatable bonds is 5. The highest BCUT2D eigenvalue weighted by molar-refractivity contribution is 6.17. The Morgan fingerprint density at radius 2 is 0.923 bits per heavy atom. The Morgan fingerprint density at radius 3 is 1.60 bits per heavy atom. The second kappa shape index (κ2) is 13.5. The van der Waals surface area contributed by atoms with Gasteiger partial charge in [0.15, 0.2) is 0 Å². The van der Waals surface area contributed by atoms with E-state index in [1.807, 2.05) is 30.3 Å². The SMILES string of the molecule is CC1(C)c2ccccc2-c2ccc(N(c3ccc4c(c3)C(C)(C)c3ccccc3-4)c3ccccc3-c3ccccc3-n3c4ccccc4c4cc5c(cc43)c(=O)oc3ccccc35)cc21. The summed E-state index contributed by atoms with van der Waals surface area (Å²) >= 11 is 0. The summed E-state index contributed by atoms with van der Waals surface area (Å²) in [7, 11) is 0. The lowest BCUT2D eigenvalue weighted by Gasteiger charge is -2.31. The fraction of sp³-hybridized carbons (Fsp3) is 0.0984. The van der Waals surface area contributed by atoms with E-state index in [2.05, 4.69) is 201 Å². The number of para-hydroxylation sites is 4. The van der Waals surface area contributed by atoms with Crippen molar-refractivity contribution in [2.45, 2.75) is 38.5 Å². The highest BCUT2D eigenvalue weighted by atomic mass is 16.4. The number of nitrogens with zero attached hydrogens (tertiary/aromatic N) is 2. The molecule has 2 heterocycles. The van der Waals surface area contributed by atoms with Gasteiger partial charge in [-0.05, 0) is 105 Å². The predicted octanol–water partition coefficient (Wildman–Crippen LogP) is 15.8. The number of hydrogen-bond donors (Lipinski definition) is 0. The van der Waals surface area contributed by atoms with Crippen molar-refractivity contribution < 1.29 is 4.42 Å². The molecule has 11 aromatic rings. The van der Waals surface area contributed by atoms with Crippen LogP contribution in [-0.4, -0.2) is 4.57 Å². The first-order valence-electron chi connectivity index (χ1n) is 22.5. The molecule has 0 saturated heterocycles. The van der Waals surface area contributed by atoms with Crippen LogP contribution in [0.1, 0.15) is 49.9 Å². The molecule has 0 N–H and O–H groups in total. The Labute approximate surface area is 377 Å². The fourth-order valence-corrected chi connectivity index (χ4v) is 11.5. The Balaban J connectivity index is 1.06. The van der Waals surface area contributed by atoms with E-state index in [0.717, 1.165) is 66.5 Å². The molecule has 2 aliphatic rings. The van der Waals surface area contributed by atoms with Gasteiger partial charge in [0.25, 0.3) is 0 Å². The lowest BCUT2D eigenvalue weighted by molar-refractivity contribution is 0.570. The van der Waals surface area contributed by atoms with E-state index < -0.39 is 0 Å². The molecule has 0 amide bonds. The highest BCUT2D eigenvalue weighted by Crippen LogP contribution is 2.54. The van der Waals surface area contributed by atoms with Gasteiger partial charge in [-0.1, -0.05) is 161 Å². The molecule has 65 heavy (non-hydrogen) atoms. The minimum absolute atomic E-state index is 0.175. The molecule has 4 heteroatoms. The van der Waals surface area contributed by atoms with Crippen molar-refractivity contribution >= 4 is 60.6 Å². The quantitative estimate of drug-likeness (QED) is 0.128. The van der Waals surface area contributed by atoms with Gasteiger partial charge in [0.1, 0.15) is 5.58 Å². The monoisotopic (exact) mass is 836 g/mol. The van der Waals surface area contributed by atoms with E-state index in [1.54, 1.807) is 0 Å². The van der Waals surface area contributed by atoms with Crippen LogP contribution in [0.25, 0.3) is 82.6 Å².